The summed E-state index contributed by atoms with van der Waals surface area (Å²) in [4.78, 5) is 27.1. The van der Waals surface area contributed by atoms with Gasteiger partial charge < -0.3 is 14.8 Å². The third-order valence-electron chi connectivity index (χ3n) is 6.86. The molecule has 0 spiro atoms. The monoisotopic (exact) mass is 513 g/mol. The molecule has 5 nitrogen and oxygen atoms in total. The van der Waals surface area contributed by atoms with Crippen molar-refractivity contribution in [3.05, 3.63) is 124 Å². The van der Waals surface area contributed by atoms with Gasteiger partial charge in [-0.15, -0.1) is 0 Å². The molecule has 0 radical (unpaired) electrons. The highest BCUT2D eigenvalue weighted by Gasteiger charge is 2.42. The standard InChI is InChI=1S/C31H28ClNO4/c1-20-28(31(35)37-17-16-36-23-12-6-3-7-13-23)29(24-14-8-9-15-25(24)32)30-26(33-20)18-22(19-27(30)34)21-10-4-2-5-11-21/h2-15,22,29,33H,16-19H2,1H3/t22-,29+/m1/s1. The van der Waals surface area contributed by atoms with Crippen LogP contribution in [-0.4, -0.2) is 25.0 Å². The van der Waals surface area contributed by atoms with Gasteiger partial charge in [0.15, 0.2) is 5.78 Å². The first-order chi connectivity index (χ1) is 18.0. The Kier molecular flexibility index (Phi) is 7.42. The largest absolute Gasteiger partial charge is 0.490 e. The van der Waals surface area contributed by atoms with Crippen LogP contribution in [0, 0.1) is 0 Å². The molecule has 0 unspecified atom stereocenters. The Morgan fingerprint density at radius 1 is 0.919 bits per heavy atom. The van der Waals surface area contributed by atoms with Gasteiger partial charge in [0, 0.05) is 34.3 Å². The minimum absolute atomic E-state index is 0.0118. The number of carbonyl (C=O) groups is 2. The molecule has 6 heteroatoms. The highest BCUT2D eigenvalue weighted by molar-refractivity contribution is 6.31. The topological polar surface area (TPSA) is 64.6 Å². The van der Waals surface area contributed by atoms with Crippen LogP contribution in [0.4, 0.5) is 0 Å². The number of rotatable bonds is 7. The van der Waals surface area contributed by atoms with Crippen molar-refractivity contribution < 1.29 is 19.1 Å². The van der Waals surface area contributed by atoms with Crippen LogP contribution in [0.1, 0.15) is 42.7 Å². The second-order valence-electron chi connectivity index (χ2n) is 9.25. The van der Waals surface area contributed by atoms with E-state index >= 15 is 0 Å². The number of dihydropyridines is 1. The molecule has 1 aliphatic carbocycles. The number of ether oxygens (including phenoxy) is 2. The molecule has 0 saturated heterocycles. The van der Waals surface area contributed by atoms with Gasteiger partial charge in [0.1, 0.15) is 19.0 Å². The van der Waals surface area contributed by atoms with Crippen LogP contribution in [0.15, 0.2) is 107 Å². The van der Waals surface area contributed by atoms with Gasteiger partial charge in [0.2, 0.25) is 0 Å². The number of benzene rings is 3. The Morgan fingerprint density at radius 3 is 2.32 bits per heavy atom. The summed E-state index contributed by atoms with van der Waals surface area (Å²) in [6.45, 7) is 2.15. The number of nitrogens with one attached hydrogen (secondary N) is 1. The molecule has 2 aliphatic rings. The number of allylic oxidation sites excluding steroid dienone is 3. The van der Waals surface area contributed by atoms with Crippen molar-refractivity contribution in [3.8, 4) is 5.75 Å². The van der Waals surface area contributed by atoms with E-state index in [4.69, 9.17) is 21.1 Å². The molecule has 0 fully saturated rings. The van der Waals surface area contributed by atoms with E-state index in [0.29, 0.717) is 40.5 Å². The van der Waals surface area contributed by atoms with E-state index in [1.807, 2.05) is 73.7 Å². The smallest absolute Gasteiger partial charge is 0.336 e. The van der Waals surface area contributed by atoms with E-state index in [9.17, 15) is 9.59 Å². The normalized spacial score (nSPS) is 19.2. The fraction of sp³-hybridized carbons (Fsp3) is 0.226. The zero-order valence-corrected chi connectivity index (χ0v) is 21.3. The SMILES string of the molecule is CC1=C(C(=O)OCCOc2ccccc2)[C@H](c2ccccc2Cl)C2=C(C[C@@H](c3ccccc3)CC2=O)N1. The van der Waals surface area contributed by atoms with Crippen molar-refractivity contribution in [2.75, 3.05) is 13.2 Å². The molecule has 3 aromatic rings. The van der Waals surface area contributed by atoms with E-state index in [1.165, 1.54) is 0 Å². The molecule has 1 heterocycles. The van der Waals surface area contributed by atoms with Crippen LogP contribution >= 0.6 is 11.6 Å². The van der Waals surface area contributed by atoms with Gasteiger partial charge in [-0.2, -0.15) is 0 Å². The molecule has 1 aliphatic heterocycles. The maximum Gasteiger partial charge on any atom is 0.336 e. The Bertz CT molecular complexity index is 1360. The second-order valence-corrected chi connectivity index (χ2v) is 9.65. The fourth-order valence-corrected chi connectivity index (χ4v) is 5.42. The third kappa shape index (κ3) is 5.32. The number of halogens is 1. The molecule has 188 valence electrons. The average Bonchev–Trinajstić information content (AvgIpc) is 2.91. The first kappa shape index (κ1) is 24.8. The van der Waals surface area contributed by atoms with Gasteiger partial charge in [-0.05, 0) is 48.6 Å². The molecule has 1 N–H and O–H groups in total. The van der Waals surface area contributed by atoms with Crippen molar-refractivity contribution in [2.45, 2.75) is 31.6 Å². The van der Waals surface area contributed by atoms with Crippen molar-refractivity contribution in [1.82, 2.24) is 5.32 Å². The maximum absolute atomic E-state index is 13.7. The lowest BCUT2D eigenvalue weighted by atomic mass is 9.71. The molecule has 0 amide bonds. The molecular weight excluding hydrogens is 486 g/mol. The molecule has 2 atom stereocenters. The summed E-state index contributed by atoms with van der Waals surface area (Å²) in [5, 5.41) is 3.88. The van der Waals surface area contributed by atoms with E-state index in [2.05, 4.69) is 17.4 Å². The van der Waals surface area contributed by atoms with E-state index in [1.54, 1.807) is 6.07 Å². The zero-order valence-electron chi connectivity index (χ0n) is 20.6. The van der Waals surface area contributed by atoms with Gasteiger partial charge >= 0.3 is 5.97 Å². The number of ketones is 1. The summed E-state index contributed by atoms with van der Waals surface area (Å²) < 4.78 is 11.3. The lowest BCUT2D eigenvalue weighted by Crippen LogP contribution is -2.36. The number of carbonyl (C=O) groups excluding carboxylic acids is 2. The first-order valence-electron chi connectivity index (χ1n) is 12.4. The summed E-state index contributed by atoms with van der Waals surface area (Å²) in [5.41, 5.74) is 4.35. The number of hydrogen-bond donors (Lipinski definition) is 1. The van der Waals surface area contributed by atoms with E-state index in [-0.39, 0.29) is 24.9 Å². The summed E-state index contributed by atoms with van der Waals surface area (Å²) in [6, 6.07) is 26.8. The lowest BCUT2D eigenvalue weighted by molar-refractivity contribution is -0.140. The van der Waals surface area contributed by atoms with Gasteiger partial charge in [-0.25, -0.2) is 4.79 Å². The van der Waals surface area contributed by atoms with Crippen molar-refractivity contribution in [3.63, 3.8) is 0 Å². The van der Waals surface area contributed by atoms with Crippen LogP contribution < -0.4 is 10.1 Å². The minimum atomic E-state index is -0.600. The Morgan fingerprint density at radius 2 is 1.59 bits per heavy atom. The molecule has 0 aromatic heterocycles. The average molecular weight is 514 g/mol. The number of Topliss-reactive ketones (excluding diaryl/α,β-unsaturated/α-hetero) is 1. The van der Waals surface area contributed by atoms with Crippen molar-refractivity contribution in [1.29, 1.82) is 0 Å². The molecular formula is C31H28ClNO4. The predicted molar refractivity (Wildman–Crippen MR) is 143 cm³/mol. The zero-order chi connectivity index (χ0) is 25.8. The van der Waals surface area contributed by atoms with Gasteiger partial charge in [-0.3, -0.25) is 4.79 Å². The summed E-state index contributed by atoms with van der Waals surface area (Å²) in [6.07, 6.45) is 1.05. The minimum Gasteiger partial charge on any atom is -0.490 e. The molecule has 0 saturated carbocycles. The van der Waals surface area contributed by atoms with E-state index < -0.39 is 11.9 Å². The van der Waals surface area contributed by atoms with Crippen molar-refractivity contribution in [2.24, 2.45) is 0 Å². The van der Waals surface area contributed by atoms with Crippen LogP contribution in [0.5, 0.6) is 5.75 Å². The summed E-state index contributed by atoms with van der Waals surface area (Å²) in [5.74, 6) is -0.299. The summed E-state index contributed by atoms with van der Waals surface area (Å²) in [7, 11) is 0. The second kappa shape index (κ2) is 11.1. The quantitative estimate of drug-likeness (QED) is 0.295. The fourth-order valence-electron chi connectivity index (χ4n) is 5.18. The third-order valence-corrected chi connectivity index (χ3v) is 7.21. The van der Waals surface area contributed by atoms with Gasteiger partial charge in [0.05, 0.1) is 5.57 Å². The Hall–Kier alpha value is -3.83. The van der Waals surface area contributed by atoms with Crippen LogP contribution in [0.2, 0.25) is 5.02 Å². The maximum atomic E-state index is 13.7. The Balaban J connectivity index is 1.42. The van der Waals surface area contributed by atoms with E-state index in [0.717, 1.165) is 16.8 Å². The molecule has 37 heavy (non-hydrogen) atoms. The first-order valence-corrected chi connectivity index (χ1v) is 12.8. The van der Waals surface area contributed by atoms with Crippen LogP contribution in [-0.2, 0) is 14.3 Å². The van der Waals surface area contributed by atoms with Crippen LogP contribution in [0.3, 0.4) is 0 Å². The highest BCUT2D eigenvalue weighted by atomic mass is 35.5. The highest BCUT2D eigenvalue weighted by Crippen LogP contribution is 2.47. The number of para-hydroxylation sites is 1. The van der Waals surface area contributed by atoms with Crippen molar-refractivity contribution >= 4 is 23.4 Å². The molecule has 0 bridgehead atoms. The molecule has 3 aromatic carbocycles. The van der Waals surface area contributed by atoms with Gasteiger partial charge in [-0.1, -0.05) is 78.3 Å². The number of hydrogen-bond acceptors (Lipinski definition) is 5. The van der Waals surface area contributed by atoms with Crippen LogP contribution in [0.25, 0.3) is 0 Å². The predicted octanol–water partition coefficient (Wildman–Crippen LogP) is 6.32. The Labute approximate surface area is 221 Å². The molecule has 5 rings (SSSR count). The van der Waals surface area contributed by atoms with Gasteiger partial charge in [0.25, 0.3) is 0 Å². The lowest BCUT2D eigenvalue weighted by Gasteiger charge is -2.37. The summed E-state index contributed by atoms with van der Waals surface area (Å²) >= 11 is 6.62. The number of esters is 1.